The molecule has 4 nitrogen and oxygen atoms in total. The Balaban J connectivity index is 1.71. The fraction of sp³-hybridized carbons (Fsp3) is 0.235. The van der Waals surface area contributed by atoms with Crippen molar-refractivity contribution in [1.82, 2.24) is 0 Å². The molecule has 0 bridgehead atoms. The van der Waals surface area contributed by atoms with Gasteiger partial charge in [0.25, 0.3) is 0 Å². The van der Waals surface area contributed by atoms with Gasteiger partial charge in [0.05, 0.1) is 12.0 Å². The average molecular weight is 416 g/mol. The van der Waals surface area contributed by atoms with Crippen LogP contribution in [0.3, 0.4) is 0 Å². The lowest BCUT2D eigenvalue weighted by molar-refractivity contribution is -0.138. The summed E-state index contributed by atoms with van der Waals surface area (Å²) in [5.74, 6) is 0.741. The quantitative estimate of drug-likeness (QED) is 0.806. The molecule has 25 heavy (non-hydrogen) atoms. The van der Waals surface area contributed by atoms with Crippen LogP contribution in [-0.4, -0.2) is 19.1 Å². The van der Waals surface area contributed by atoms with E-state index >= 15 is 0 Å². The summed E-state index contributed by atoms with van der Waals surface area (Å²) < 4.78 is 49.5. The van der Waals surface area contributed by atoms with Crippen molar-refractivity contribution in [2.45, 2.75) is 12.6 Å². The highest BCUT2D eigenvalue weighted by Crippen LogP contribution is 2.36. The minimum atomic E-state index is -4.50. The molecule has 1 aliphatic heterocycles. The number of anilines is 1. The Kier molecular flexibility index (Phi) is 4.89. The van der Waals surface area contributed by atoms with E-state index < -0.39 is 17.6 Å². The van der Waals surface area contributed by atoms with E-state index in [1.165, 1.54) is 12.1 Å². The molecule has 1 N–H and O–H groups in total. The maximum Gasteiger partial charge on any atom is 0.417 e. The Hall–Kier alpha value is -2.22. The van der Waals surface area contributed by atoms with Gasteiger partial charge in [-0.25, -0.2) is 0 Å². The van der Waals surface area contributed by atoms with Crippen LogP contribution >= 0.6 is 15.9 Å². The van der Waals surface area contributed by atoms with Crippen LogP contribution in [0.5, 0.6) is 11.5 Å². The zero-order chi connectivity index (χ0) is 18.0. The smallest absolute Gasteiger partial charge is 0.417 e. The van der Waals surface area contributed by atoms with Gasteiger partial charge in [-0.3, -0.25) is 4.79 Å². The summed E-state index contributed by atoms with van der Waals surface area (Å²) in [5.41, 5.74) is -0.0856. The van der Waals surface area contributed by atoms with Crippen molar-refractivity contribution in [1.29, 1.82) is 0 Å². The Bertz CT molecular complexity index is 808. The molecule has 0 spiro atoms. The van der Waals surface area contributed by atoms with E-state index in [0.717, 1.165) is 6.07 Å². The Morgan fingerprint density at radius 2 is 1.80 bits per heavy atom. The molecule has 2 aromatic carbocycles. The summed E-state index contributed by atoms with van der Waals surface area (Å²) in [7, 11) is 0. The maximum atomic E-state index is 12.9. The highest BCUT2D eigenvalue weighted by molar-refractivity contribution is 9.10. The molecule has 1 amide bonds. The van der Waals surface area contributed by atoms with Gasteiger partial charge in [0.15, 0.2) is 11.5 Å². The summed E-state index contributed by atoms with van der Waals surface area (Å²) >= 11 is 2.86. The van der Waals surface area contributed by atoms with Crippen molar-refractivity contribution in [3.8, 4) is 11.5 Å². The monoisotopic (exact) mass is 415 g/mol. The minimum absolute atomic E-state index is 0.00799. The molecular formula is C17H13BrF3NO3. The van der Waals surface area contributed by atoms with E-state index in [0.29, 0.717) is 30.3 Å². The lowest BCUT2D eigenvalue weighted by Gasteiger charge is -2.18. The predicted molar refractivity (Wildman–Crippen MR) is 88.9 cm³/mol. The SMILES string of the molecule is O=C(Cc1ccc2c(c1)OCCO2)Nc1ccc(Br)c(C(F)(F)F)c1. The van der Waals surface area contributed by atoms with Gasteiger partial charge in [0.2, 0.25) is 5.91 Å². The number of alkyl halides is 3. The number of nitrogens with one attached hydrogen (secondary N) is 1. The molecule has 0 atom stereocenters. The topological polar surface area (TPSA) is 47.6 Å². The number of carbonyl (C=O) groups excluding carboxylic acids is 1. The van der Waals surface area contributed by atoms with Crippen molar-refractivity contribution in [3.05, 3.63) is 52.0 Å². The van der Waals surface area contributed by atoms with Crippen LogP contribution in [0.1, 0.15) is 11.1 Å². The number of ether oxygens (including phenoxy) is 2. The number of carbonyl (C=O) groups is 1. The third kappa shape index (κ3) is 4.25. The van der Waals surface area contributed by atoms with E-state index in [4.69, 9.17) is 9.47 Å². The van der Waals surface area contributed by atoms with Crippen LogP contribution in [0.15, 0.2) is 40.9 Å². The van der Waals surface area contributed by atoms with Gasteiger partial charge in [-0.2, -0.15) is 13.2 Å². The second-order valence-electron chi connectivity index (χ2n) is 5.40. The normalized spacial score (nSPS) is 13.4. The van der Waals surface area contributed by atoms with Crippen LogP contribution in [0.4, 0.5) is 18.9 Å². The Morgan fingerprint density at radius 1 is 1.08 bits per heavy atom. The number of halogens is 4. The van der Waals surface area contributed by atoms with Gasteiger partial charge >= 0.3 is 6.18 Å². The second-order valence-corrected chi connectivity index (χ2v) is 6.25. The molecule has 132 valence electrons. The average Bonchev–Trinajstić information content (AvgIpc) is 2.55. The van der Waals surface area contributed by atoms with Crippen molar-refractivity contribution >= 4 is 27.5 Å². The van der Waals surface area contributed by atoms with Crippen molar-refractivity contribution < 1.29 is 27.4 Å². The van der Waals surface area contributed by atoms with Gasteiger partial charge in [0, 0.05) is 10.2 Å². The Labute approximate surface area is 150 Å². The van der Waals surface area contributed by atoms with Crippen LogP contribution in [0.2, 0.25) is 0 Å². The summed E-state index contributed by atoms with van der Waals surface area (Å²) in [6.45, 7) is 0.902. The lowest BCUT2D eigenvalue weighted by Crippen LogP contribution is -2.17. The van der Waals surface area contributed by atoms with Crippen LogP contribution < -0.4 is 14.8 Å². The molecule has 0 radical (unpaired) electrons. The second kappa shape index (κ2) is 6.95. The highest BCUT2D eigenvalue weighted by Gasteiger charge is 2.33. The number of fused-ring (bicyclic) bond motifs is 1. The molecule has 0 aliphatic carbocycles. The zero-order valence-electron chi connectivity index (χ0n) is 12.8. The molecule has 3 rings (SSSR count). The molecule has 0 fully saturated rings. The lowest BCUT2D eigenvalue weighted by atomic mass is 10.1. The van der Waals surface area contributed by atoms with Gasteiger partial charge in [-0.1, -0.05) is 22.0 Å². The van der Waals surface area contributed by atoms with Crippen LogP contribution in [0, 0.1) is 0 Å². The molecular weight excluding hydrogens is 403 g/mol. The third-order valence-corrected chi connectivity index (χ3v) is 4.22. The van der Waals surface area contributed by atoms with Gasteiger partial charge in [-0.05, 0) is 35.9 Å². The van der Waals surface area contributed by atoms with Gasteiger partial charge in [-0.15, -0.1) is 0 Å². The largest absolute Gasteiger partial charge is 0.486 e. The Morgan fingerprint density at radius 3 is 2.52 bits per heavy atom. The number of hydrogen-bond donors (Lipinski definition) is 1. The molecule has 2 aromatic rings. The molecule has 0 saturated heterocycles. The van der Waals surface area contributed by atoms with Gasteiger partial charge in [0.1, 0.15) is 13.2 Å². The molecule has 0 unspecified atom stereocenters. The minimum Gasteiger partial charge on any atom is -0.486 e. The first kappa shape index (κ1) is 17.6. The molecule has 0 aromatic heterocycles. The number of benzene rings is 2. The predicted octanol–water partition coefficient (Wildman–Crippen LogP) is 4.42. The van der Waals surface area contributed by atoms with Crippen LogP contribution in [0.25, 0.3) is 0 Å². The fourth-order valence-electron chi connectivity index (χ4n) is 2.41. The number of hydrogen-bond acceptors (Lipinski definition) is 3. The summed E-state index contributed by atoms with van der Waals surface area (Å²) in [6, 6.07) is 8.67. The molecule has 8 heteroatoms. The molecule has 1 heterocycles. The summed E-state index contributed by atoms with van der Waals surface area (Å²) in [6.07, 6.45) is -4.50. The van der Waals surface area contributed by atoms with E-state index in [9.17, 15) is 18.0 Å². The van der Waals surface area contributed by atoms with Crippen molar-refractivity contribution in [3.63, 3.8) is 0 Å². The van der Waals surface area contributed by atoms with Crippen molar-refractivity contribution in [2.24, 2.45) is 0 Å². The molecule has 1 aliphatic rings. The van der Waals surface area contributed by atoms with E-state index in [1.807, 2.05) is 0 Å². The summed E-state index contributed by atoms with van der Waals surface area (Å²) in [4.78, 5) is 12.1. The zero-order valence-corrected chi connectivity index (χ0v) is 14.4. The molecule has 0 saturated carbocycles. The third-order valence-electron chi connectivity index (χ3n) is 3.53. The summed E-state index contributed by atoms with van der Waals surface area (Å²) in [5, 5.41) is 2.48. The first-order valence-electron chi connectivity index (χ1n) is 7.38. The number of rotatable bonds is 3. The first-order valence-corrected chi connectivity index (χ1v) is 8.17. The van der Waals surface area contributed by atoms with Crippen molar-refractivity contribution in [2.75, 3.05) is 18.5 Å². The van der Waals surface area contributed by atoms with E-state index in [1.54, 1.807) is 18.2 Å². The standard InChI is InChI=1S/C17H13BrF3NO3/c18-13-3-2-11(9-12(13)17(19,20)21)22-16(23)8-10-1-4-14-15(7-10)25-6-5-24-14/h1-4,7,9H,5-6,8H2,(H,22,23). The fourth-order valence-corrected chi connectivity index (χ4v) is 2.88. The van der Waals surface area contributed by atoms with Gasteiger partial charge < -0.3 is 14.8 Å². The highest BCUT2D eigenvalue weighted by atomic mass is 79.9. The first-order chi connectivity index (χ1) is 11.8. The van der Waals surface area contributed by atoms with E-state index in [2.05, 4.69) is 21.2 Å². The van der Waals surface area contributed by atoms with E-state index in [-0.39, 0.29) is 16.6 Å². The number of amides is 1. The maximum absolute atomic E-state index is 12.9. The van der Waals surface area contributed by atoms with Crippen LogP contribution in [-0.2, 0) is 17.4 Å².